The third-order valence-corrected chi connectivity index (χ3v) is 15.1. The lowest BCUT2D eigenvalue weighted by atomic mass is 9.93. The molecule has 3 heterocycles. The molecule has 1 unspecified atom stereocenters. The molecular formula is C41H34ClF10N7O5S2. The summed E-state index contributed by atoms with van der Waals surface area (Å²) in [5.74, 6) is -5.19. The number of nitrogens with one attached hydrogen (secondary N) is 2. The van der Waals surface area contributed by atoms with E-state index in [0.29, 0.717) is 29.8 Å². The van der Waals surface area contributed by atoms with Crippen LogP contribution in [0.3, 0.4) is 0 Å². The number of halogens is 11. The first kappa shape index (κ1) is 47.1. The zero-order valence-electron chi connectivity index (χ0n) is 34.3. The highest BCUT2D eigenvalue weighted by Crippen LogP contribution is 2.68. The molecule has 1 amide bonds. The topological polar surface area (TPSA) is 158 Å². The number of fused-ring (bicyclic) bond motifs is 4. The highest BCUT2D eigenvalue weighted by molar-refractivity contribution is 7.93. The lowest BCUT2D eigenvalue weighted by molar-refractivity contribution is -0.142. The number of rotatable bonds is 12. The maximum absolute atomic E-state index is 15.5. The summed E-state index contributed by atoms with van der Waals surface area (Å²) < 4.78 is 198. The largest absolute Gasteiger partial charge is 0.435 e. The van der Waals surface area contributed by atoms with Crippen LogP contribution in [0.4, 0.5) is 49.7 Å². The summed E-state index contributed by atoms with van der Waals surface area (Å²) in [5.41, 5.74) is -5.08. The molecule has 2 aromatic carbocycles. The molecule has 3 aliphatic carbocycles. The van der Waals surface area contributed by atoms with Gasteiger partial charge in [-0.05, 0) is 87.3 Å². The van der Waals surface area contributed by atoms with Crippen LogP contribution in [0.15, 0.2) is 42.5 Å². The number of hydrogen-bond acceptors (Lipinski definition) is 8. The van der Waals surface area contributed by atoms with Crippen molar-refractivity contribution < 1.29 is 65.5 Å². The molecule has 5 aromatic rings. The molecule has 3 aromatic heterocycles. The summed E-state index contributed by atoms with van der Waals surface area (Å²) in [6.45, 7) is -0.375. The van der Waals surface area contributed by atoms with Crippen LogP contribution < -0.4 is 10.0 Å². The van der Waals surface area contributed by atoms with Gasteiger partial charge in [0.15, 0.2) is 21.3 Å². The number of hydrogen-bond donors (Lipinski definition) is 2. The maximum Gasteiger partial charge on any atom is 0.435 e. The van der Waals surface area contributed by atoms with Crippen LogP contribution >= 0.6 is 11.6 Å². The molecule has 3 atom stereocenters. The molecule has 0 aliphatic heterocycles. The zero-order valence-corrected chi connectivity index (χ0v) is 36.7. The lowest BCUT2D eigenvalue weighted by Crippen LogP contribution is -2.35. The van der Waals surface area contributed by atoms with E-state index in [1.807, 2.05) is 4.72 Å². The Labute approximate surface area is 374 Å². The summed E-state index contributed by atoms with van der Waals surface area (Å²) >= 11 is 6.48. The number of pyridine rings is 1. The Kier molecular flexibility index (Phi) is 11.3. The van der Waals surface area contributed by atoms with E-state index in [-0.39, 0.29) is 49.6 Å². The first-order valence-electron chi connectivity index (χ1n) is 19.8. The van der Waals surface area contributed by atoms with E-state index in [1.165, 1.54) is 38.1 Å². The van der Waals surface area contributed by atoms with E-state index in [9.17, 15) is 56.8 Å². The summed E-state index contributed by atoms with van der Waals surface area (Å²) in [6.07, 6.45) is -9.53. The molecule has 2 saturated carbocycles. The Morgan fingerprint density at radius 3 is 2.21 bits per heavy atom. The van der Waals surface area contributed by atoms with Crippen molar-refractivity contribution in [2.45, 2.75) is 92.9 Å². The molecule has 25 heteroatoms. The molecule has 0 saturated heterocycles. The lowest BCUT2D eigenvalue weighted by Gasteiger charge is -2.23. The van der Waals surface area contributed by atoms with Crippen molar-refractivity contribution >= 4 is 54.1 Å². The normalized spacial score (nSPS) is 18.6. The Hall–Kier alpha value is -5.41. The molecule has 0 spiro atoms. The van der Waals surface area contributed by atoms with Gasteiger partial charge in [0, 0.05) is 28.7 Å². The number of nitrogens with zero attached hydrogens (tertiary/aromatic N) is 5. The molecule has 0 bridgehead atoms. The van der Waals surface area contributed by atoms with Crippen molar-refractivity contribution in [3.05, 3.63) is 93.0 Å². The molecule has 0 radical (unpaired) electrons. The van der Waals surface area contributed by atoms with Crippen LogP contribution in [0.25, 0.3) is 22.0 Å². The molecule has 8 rings (SSSR count). The molecule has 352 valence electrons. The van der Waals surface area contributed by atoms with Crippen LogP contribution in [0.5, 0.6) is 0 Å². The van der Waals surface area contributed by atoms with E-state index < -0.39 is 131 Å². The summed E-state index contributed by atoms with van der Waals surface area (Å²) in [5, 5.41) is 8.43. The number of carbonyl (C=O) groups excluding carboxylic acids is 1. The molecule has 12 nitrogen and oxygen atoms in total. The average molecular weight is 994 g/mol. The van der Waals surface area contributed by atoms with Gasteiger partial charge in [0.05, 0.1) is 39.2 Å². The number of sulfone groups is 1. The zero-order chi connectivity index (χ0) is 48.3. The van der Waals surface area contributed by atoms with Crippen molar-refractivity contribution in [1.82, 2.24) is 29.9 Å². The second kappa shape index (κ2) is 15.9. The number of amides is 1. The van der Waals surface area contributed by atoms with E-state index in [2.05, 4.69) is 32.3 Å². The number of aromatic nitrogens is 5. The number of sulfonamides is 1. The predicted molar refractivity (Wildman–Crippen MR) is 218 cm³/mol. The van der Waals surface area contributed by atoms with Crippen LogP contribution in [-0.2, 0) is 56.3 Å². The Morgan fingerprint density at radius 1 is 0.955 bits per heavy atom. The second-order valence-electron chi connectivity index (χ2n) is 16.9. The highest BCUT2D eigenvalue weighted by atomic mass is 35.5. The number of alkyl halides is 8. The van der Waals surface area contributed by atoms with Crippen molar-refractivity contribution in [2.24, 2.45) is 5.92 Å². The minimum Gasteiger partial charge on any atom is -0.346 e. The van der Waals surface area contributed by atoms with E-state index in [1.54, 1.807) is 0 Å². The maximum atomic E-state index is 15.5. The fourth-order valence-corrected chi connectivity index (χ4v) is 10.8. The van der Waals surface area contributed by atoms with Crippen LogP contribution in [-0.4, -0.2) is 69.7 Å². The van der Waals surface area contributed by atoms with Crippen LogP contribution in [0.2, 0.25) is 5.02 Å². The van der Waals surface area contributed by atoms with E-state index in [4.69, 9.17) is 11.6 Å². The Balaban J connectivity index is 1.33. The first-order chi connectivity index (χ1) is 30.4. The van der Waals surface area contributed by atoms with Crippen molar-refractivity contribution in [1.29, 1.82) is 0 Å². The van der Waals surface area contributed by atoms with Gasteiger partial charge in [0.2, 0.25) is 15.9 Å². The average Bonchev–Trinajstić information content (AvgIpc) is 4.09. The standard InChI is InChI=1S/C41H34ClF10N7O5S2/c1-38(2,66(63,64)23-5-6-23)11-10-22-4-7-24(25-8-9-28(42)32-34(25)59(18-39(45,46)47)56-37(32)57-65(3,61)62)33(53-22)29(14-19-12-20(43)15-21(44)13-19)54-30(60)17-58-36-31(35(55-58)41(50,51)52)26-16-27(26)40(36,48)49/h4,7-9,12-13,15,23,26-27,29H,5-6,14,16-18H2,1-3H3,(H,54,60)(H,56,57)/t26-,27?,29-/m0/s1. The molecular weight excluding hydrogens is 960 g/mol. The SMILES string of the molecule is CC(C)(C#Cc1ccc(-c2ccc(Cl)c3c(NS(C)(=O)=O)nn(CC(F)(F)F)c23)c([C@H](Cc2cc(F)cc(F)c2)NC(=O)Cn2nc(C(F)(F)F)c3c2C(F)(F)C2C[C@H]32)n1)S(=O)(=O)C1CC1. The predicted octanol–water partition coefficient (Wildman–Crippen LogP) is 8.20. The van der Waals surface area contributed by atoms with Crippen molar-refractivity contribution in [3.8, 4) is 23.0 Å². The quantitative estimate of drug-likeness (QED) is 0.0936. The Bertz CT molecular complexity index is 3120. The molecule has 2 fully saturated rings. The second-order valence-corrected chi connectivity index (χ2v) is 21.8. The van der Waals surface area contributed by atoms with Crippen molar-refractivity contribution in [2.75, 3.05) is 11.0 Å². The van der Waals surface area contributed by atoms with Crippen LogP contribution in [0.1, 0.15) is 79.0 Å². The summed E-state index contributed by atoms with van der Waals surface area (Å²) in [7, 11) is -8.02. The van der Waals surface area contributed by atoms with Gasteiger partial charge in [-0.2, -0.15) is 45.3 Å². The number of anilines is 1. The fourth-order valence-electron chi connectivity index (χ4n) is 8.30. The smallest absolute Gasteiger partial charge is 0.346 e. The van der Waals surface area contributed by atoms with E-state index in [0.717, 1.165) is 12.1 Å². The first-order valence-corrected chi connectivity index (χ1v) is 23.6. The fraction of sp³-hybridized carbons (Fsp3) is 0.415. The van der Waals surface area contributed by atoms with Gasteiger partial charge in [-0.3, -0.25) is 18.9 Å². The van der Waals surface area contributed by atoms with Gasteiger partial charge in [-0.1, -0.05) is 23.6 Å². The number of carbonyl (C=O) groups is 1. The number of benzene rings is 2. The van der Waals surface area contributed by atoms with Crippen LogP contribution in [0, 0.1) is 29.4 Å². The van der Waals surface area contributed by atoms with Gasteiger partial charge < -0.3 is 5.32 Å². The van der Waals surface area contributed by atoms with Crippen molar-refractivity contribution in [3.63, 3.8) is 0 Å². The van der Waals surface area contributed by atoms with E-state index >= 15 is 8.78 Å². The van der Waals surface area contributed by atoms with Gasteiger partial charge >= 0.3 is 12.4 Å². The monoisotopic (exact) mass is 993 g/mol. The third-order valence-electron chi connectivity index (χ3n) is 11.4. The summed E-state index contributed by atoms with van der Waals surface area (Å²) in [6, 6.07) is 5.35. The minimum atomic E-state index is -5.19. The Morgan fingerprint density at radius 2 is 1.61 bits per heavy atom. The molecule has 3 aliphatic rings. The van der Waals surface area contributed by atoms with Gasteiger partial charge in [0.1, 0.15) is 40.9 Å². The molecule has 66 heavy (non-hydrogen) atoms. The van der Waals surface area contributed by atoms with Gasteiger partial charge in [-0.15, -0.1) is 0 Å². The van der Waals surface area contributed by atoms with Gasteiger partial charge in [0.25, 0.3) is 5.92 Å². The molecule has 2 N–H and O–H groups in total. The summed E-state index contributed by atoms with van der Waals surface area (Å²) in [4.78, 5) is 18.6. The minimum absolute atomic E-state index is 0.186. The highest BCUT2D eigenvalue weighted by Gasteiger charge is 2.68. The van der Waals surface area contributed by atoms with Gasteiger partial charge in [-0.25, -0.2) is 30.6 Å². The third kappa shape index (κ3) is 9.04.